The van der Waals surface area contributed by atoms with E-state index in [2.05, 4.69) is 15.2 Å². The van der Waals surface area contributed by atoms with Gasteiger partial charge in [0.1, 0.15) is 0 Å². The number of carbonyl (C=O) groups is 1. The first-order valence-electron chi connectivity index (χ1n) is 12.6. The third kappa shape index (κ3) is 4.79. The van der Waals surface area contributed by atoms with E-state index >= 15 is 0 Å². The summed E-state index contributed by atoms with van der Waals surface area (Å²) in [5.74, 6) is 1.26. The number of rotatable bonds is 7. The Kier molecular flexibility index (Phi) is 6.42. The van der Waals surface area contributed by atoms with E-state index in [0.29, 0.717) is 42.6 Å². The van der Waals surface area contributed by atoms with Crippen molar-refractivity contribution in [3.8, 4) is 11.5 Å². The number of likely N-dealkylation sites (tertiary alicyclic amines) is 1. The van der Waals surface area contributed by atoms with Crippen LogP contribution < -0.4 is 14.8 Å². The number of anilines is 1. The van der Waals surface area contributed by atoms with Crippen molar-refractivity contribution in [3.63, 3.8) is 0 Å². The second-order valence-electron chi connectivity index (χ2n) is 10.2. The molecule has 1 saturated heterocycles. The van der Waals surface area contributed by atoms with Gasteiger partial charge in [0.15, 0.2) is 26.5 Å². The zero-order chi connectivity index (χ0) is 26.5. The fraction of sp³-hybridized carbons (Fsp3) is 0.407. The number of thiazole rings is 1. The van der Waals surface area contributed by atoms with Crippen molar-refractivity contribution in [3.05, 3.63) is 64.7 Å². The molecule has 2 aromatic carbocycles. The van der Waals surface area contributed by atoms with E-state index < -0.39 is 15.3 Å². The lowest BCUT2D eigenvalue weighted by molar-refractivity contribution is -0.118. The van der Waals surface area contributed by atoms with E-state index in [1.807, 2.05) is 30.3 Å². The summed E-state index contributed by atoms with van der Waals surface area (Å²) in [5.41, 5.74) is 1.25. The third-order valence-electron chi connectivity index (χ3n) is 7.61. The maximum absolute atomic E-state index is 13.4. The second kappa shape index (κ2) is 9.64. The SMILES string of the molecule is CS(=O)(=O)c1ccc(C(c2cnc(NC(=O)C3(c4ccc5c(c4)OCO5)CC3)s2)N2CCC(O)CC2)cc1. The molecule has 38 heavy (non-hydrogen) atoms. The Hall–Kier alpha value is -2.99. The Bertz CT molecular complexity index is 1460. The Morgan fingerprint density at radius 1 is 1.13 bits per heavy atom. The highest BCUT2D eigenvalue weighted by atomic mass is 32.2. The van der Waals surface area contributed by atoms with Crippen LogP contribution in [0.15, 0.2) is 53.6 Å². The molecule has 1 aromatic heterocycles. The van der Waals surface area contributed by atoms with Gasteiger partial charge < -0.3 is 19.9 Å². The van der Waals surface area contributed by atoms with E-state index in [1.165, 1.54) is 17.6 Å². The van der Waals surface area contributed by atoms with Gasteiger partial charge in [0.2, 0.25) is 12.7 Å². The number of aliphatic hydroxyl groups is 1. The first-order valence-corrected chi connectivity index (χ1v) is 15.3. The molecule has 6 rings (SSSR count). The van der Waals surface area contributed by atoms with E-state index in [0.717, 1.165) is 28.8 Å². The predicted octanol–water partition coefficient (Wildman–Crippen LogP) is 3.49. The lowest BCUT2D eigenvalue weighted by atomic mass is 9.94. The fourth-order valence-electron chi connectivity index (χ4n) is 5.25. The van der Waals surface area contributed by atoms with E-state index in [1.54, 1.807) is 18.3 Å². The largest absolute Gasteiger partial charge is 0.454 e. The molecular weight excluding hydrogens is 526 g/mol. The number of hydrogen-bond donors (Lipinski definition) is 2. The number of aliphatic hydroxyl groups excluding tert-OH is 1. The van der Waals surface area contributed by atoms with Crippen molar-refractivity contribution in [2.24, 2.45) is 0 Å². The Balaban J connectivity index is 1.24. The molecule has 0 spiro atoms. The summed E-state index contributed by atoms with van der Waals surface area (Å²) in [6, 6.07) is 12.4. The highest BCUT2D eigenvalue weighted by Gasteiger charge is 2.52. The third-order valence-corrected chi connectivity index (χ3v) is 9.71. The van der Waals surface area contributed by atoms with E-state index in [-0.39, 0.29) is 29.7 Å². The van der Waals surface area contributed by atoms with Crippen LogP contribution in [0, 0.1) is 0 Å². The second-order valence-corrected chi connectivity index (χ2v) is 13.3. The maximum atomic E-state index is 13.4. The lowest BCUT2D eigenvalue weighted by Crippen LogP contribution is -2.38. The van der Waals surface area contributed by atoms with Gasteiger partial charge in [-0.2, -0.15) is 0 Å². The average Bonchev–Trinajstić information content (AvgIpc) is 3.37. The quantitative estimate of drug-likeness (QED) is 0.455. The van der Waals surface area contributed by atoms with Gasteiger partial charge in [0.05, 0.1) is 22.5 Å². The molecule has 2 fully saturated rings. The van der Waals surface area contributed by atoms with Gasteiger partial charge in [-0.15, -0.1) is 0 Å². The number of nitrogens with one attached hydrogen (secondary N) is 1. The molecule has 1 aliphatic carbocycles. The van der Waals surface area contributed by atoms with Crippen LogP contribution in [-0.4, -0.2) is 61.6 Å². The van der Waals surface area contributed by atoms with Crippen molar-refractivity contribution >= 4 is 32.2 Å². The van der Waals surface area contributed by atoms with Crippen LogP contribution in [0.4, 0.5) is 5.13 Å². The molecule has 1 saturated carbocycles. The predicted molar refractivity (Wildman–Crippen MR) is 142 cm³/mol. The Morgan fingerprint density at radius 3 is 2.53 bits per heavy atom. The monoisotopic (exact) mass is 555 g/mol. The molecule has 0 bridgehead atoms. The number of fused-ring (bicyclic) bond motifs is 1. The zero-order valence-electron chi connectivity index (χ0n) is 20.9. The zero-order valence-corrected chi connectivity index (χ0v) is 22.6. The van der Waals surface area contributed by atoms with Crippen molar-refractivity contribution in [2.75, 3.05) is 31.5 Å². The number of hydrogen-bond acceptors (Lipinski definition) is 9. The average molecular weight is 556 g/mol. The van der Waals surface area contributed by atoms with Crippen molar-refractivity contribution in [1.82, 2.24) is 9.88 Å². The number of carbonyl (C=O) groups excluding carboxylic acids is 1. The molecule has 200 valence electrons. The standard InChI is InChI=1S/C27H29N3O6S2/c1-38(33,34)20-5-2-17(3-6-20)24(30-12-8-19(31)9-13-30)23-15-28-26(37-23)29-25(32)27(10-11-27)18-4-7-21-22(14-18)36-16-35-21/h2-7,14-15,19,24,31H,8-13,16H2,1H3,(H,28,29,32). The minimum absolute atomic E-state index is 0.0904. The van der Waals surface area contributed by atoms with Gasteiger partial charge >= 0.3 is 0 Å². The molecule has 0 radical (unpaired) electrons. The van der Waals surface area contributed by atoms with Gasteiger partial charge in [0.25, 0.3) is 0 Å². The van der Waals surface area contributed by atoms with Gasteiger partial charge in [-0.3, -0.25) is 9.69 Å². The van der Waals surface area contributed by atoms with Crippen LogP contribution in [0.2, 0.25) is 0 Å². The summed E-state index contributed by atoms with van der Waals surface area (Å²) in [7, 11) is -3.30. The van der Waals surface area contributed by atoms with Gasteiger partial charge in [-0.05, 0) is 61.1 Å². The maximum Gasteiger partial charge on any atom is 0.236 e. The van der Waals surface area contributed by atoms with Crippen molar-refractivity contribution in [2.45, 2.75) is 48.1 Å². The van der Waals surface area contributed by atoms with Gasteiger partial charge in [-0.25, -0.2) is 13.4 Å². The van der Waals surface area contributed by atoms with Crippen LogP contribution in [0.3, 0.4) is 0 Å². The van der Waals surface area contributed by atoms with E-state index in [4.69, 9.17) is 9.47 Å². The molecule has 2 aliphatic heterocycles. The molecule has 3 heterocycles. The Labute approximate surface area is 225 Å². The topological polar surface area (TPSA) is 118 Å². The molecule has 9 nitrogen and oxygen atoms in total. The minimum Gasteiger partial charge on any atom is -0.454 e. The number of ether oxygens (including phenoxy) is 2. The van der Waals surface area contributed by atoms with Crippen LogP contribution in [0.25, 0.3) is 0 Å². The molecule has 3 aromatic rings. The van der Waals surface area contributed by atoms with Crippen LogP contribution in [0.1, 0.15) is 47.7 Å². The van der Waals surface area contributed by atoms with E-state index in [9.17, 15) is 18.3 Å². The number of aromatic nitrogens is 1. The molecular formula is C27H29N3O6S2. The molecule has 11 heteroatoms. The number of piperidine rings is 1. The first kappa shape index (κ1) is 25.3. The van der Waals surface area contributed by atoms with Crippen molar-refractivity contribution < 1.29 is 27.8 Å². The number of benzene rings is 2. The minimum atomic E-state index is -3.30. The summed E-state index contributed by atoms with van der Waals surface area (Å²) in [4.78, 5) is 21.4. The highest BCUT2D eigenvalue weighted by Crippen LogP contribution is 2.51. The fourth-order valence-corrected chi connectivity index (χ4v) is 6.86. The summed E-state index contributed by atoms with van der Waals surface area (Å²) in [6.07, 6.45) is 5.49. The summed E-state index contributed by atoms with van der Waals surface area (Å²) < 4.78 is 34.9. The molecule has 1 amide bonds. The van der Waals surface area contributed by atoms with Gasteiger partial charge in [0, 0.05) is 30.4 Å². The number of sulfone groups is 1. The van der Waals surface area contributed by atoms with Crippen LogP contribution in [0.5, 0.6) is 11.5 Å². The Morgan fingerprint density at radius 2 is 1.84 bits per heavy atom. The summed E-state index contributed by atoms with van der Waals surface area (Å²) >= 11 is 1.42. The van der Waals surface area contributed by atoms with Crippen molar-refractivity contribution in [1.29, 1.82) is 0 Å². The van der Waals surface area contributed by atoms with Crippen LogP contribution >= 0.6 is 11.3 Å². The molecule has 1 atom stereocenters. The van der Waals surface area contributed by atoms with Crippen LogP contribution in [-0.2, 0) is 20.0 Å². The number of nitrogens with zero attached hydrogens (tertiary/aromatic N) is 2. The molecule has 3 aliphatic rings. The summed E-state index contributed by atoms with van der Waals surface area (Å²) in [6.45, 7) is 1.59. The number of amides is 1. The van der Waals surface area contributed by atoms with Gasteiger partial charge in [-0.1, -0.05) is 29.5 Å². The summed E-state index contributed by atoms with van der Waals surface area (Å²) in [5, 5.41) is 13.6. The smallest absolute Gasteiger partial charge is 0.236 e. The lowest BCUT2D eigenvalue weighted by Gasteiger charge is -2.36. The normalized spacial score (nSPS) is 19.7. The highest BCUT2D eigenvalue weighted by molar-refractivity contribution is 7.90. The molecule has 1 unspecified atom stereocenters. The first-order chi connectivity index (χ1) is 18.2. The molecule has 2 N–H and O–H groups in total.